The van der Waals surface area contributed by atoms with Gasteiger partial charge in [-0.05, 0) is 44.7 Å². The van der Waals surface area contributed by atoms with Crippen molar-refractivity contribution >= 4 is 22.9 Å². The third-order valence-corrected chi connectivity index (χ3v) is 4.28. The molecule has 0 unspecified atom stereocenters. The lowest BCUT2D eigenvalue weighted by molar-refractivity contribution is 0.304. The molecule has 0 bridgehead atoms. The number of thiophene rings is 1. The van der Waals surface area contributed by atoms with E-state index in [9.17, 15) is 0 Å². The average molecular weight is 296 g/mol. The molecule has 1 heterocycles. The largest absolute Gasteiger partial charge is 0.489 e. The summed E-state index contributed by atoms with van der Waals surface area (Å²) in [6.45, 7) is 5.65. The van der Waals surface area contributed by atoms with Crippen molar-refractivity contribution in [2.24, 2.45) is 0 Å². The molecule has 0 aliphatic rings. The molecule has 0 saturated carbocycles. The van der Waals surface area contributed by atoms with E-state index in [1.807, 2.05) is 43.5 Å². The Morgan fingerprint density at radius 1 is 1.26 bits per heavy atom. The Balaban J connectivity index is 2.07. The van der Waals surface area contributed by atoms with E-state index in [4.69, 9.17) is 16.3 Å². The van der Waals surface area contributed by atoms with Gasteiger partial charge in [-0.2, -0.15) is 0 Å². The first-order chi connectivity index (χ1) is 9.10. The minimum atomic E-state index is 0.591. The zero-order valence-corrected chi connectivity index (χ0v) is 13.0. The lowest BCUT2D eigenvalue weighted by Crippen LogP contribution is -2.03. The SMILES string of the molecule is CNCc1cc(COc2cc(Cl)ccc2C)c(C)s1. The molecule has 2 aromatic rings. The molecule has 1 aromatic heterocycles. The van der Waals surface area contributed by atoms with Gasteiger partial charge in [-0.1, -0.05) is 17.7 Å². The number of hydrogen-bond acceptors (Lipinski definition) is 3. The third-order valence-electron chi connectivity index (χ3n) is 2.96. The molecule has 102 valence electrons. The predicted molar refractivity (Wildman–Crippen MR) is 82.3 cm³/mol. The monoisotopic (exact) mass is 295 g/mol. The van der Waals surface area contributed by atoms with Crippen molar-refractivity contribution in [1.29, 1.82) is 0 Å². The number of ether oxygens (including phenoxy) is 1. The minimum absolute atomic E-state index is 0.591. The van der Waals surface area contributed by atoms with Gasteiger partial charge in [-0.25, -0.2) is 0 Å². The Morgan fingerprint density at radius 3 is 2.79 bits per heavy atom. The van der Waals surface area contributed by atoms with E-state index in [0.29, 0.717) is 11.6 Å². The number of halogens is 1. The molecule has 2 nitrogen and oxygen atoms in total. The summed E-state index contributed by atoms with van der Waals surface area (Å²) >= 11 is 7.80. The first-order valence-electron chi connectivity index (χ1n) is 6.22. The van der Waals surface area contributed by atoms with Crippen molar-refractivity contribution in [2.45, 2.75) is 27.0 Å². The highest BCUT2D eigenvalue weighted by atomic mass is 35.5. The molecule has 2 rings (SSSR count). The van der Waals surface area contributed by atoms with Gasteiger partial charge in [-0.3, -0.25) is 0 Å². The van der Waals surface area contributed by atoms with E-state index in [2.05, 4.69) is 18.3 Å². The Morgan fingerprint density at radius 2 is 2.05 bits per heavy atom. The number of hydrogen-bond donors (Lipinski definition) is 1. The van der Waals surface area contributed by atoms with Gasteiger partial charge >= 0.3 is 0 Å². The number of aryl methyl sites for hydroxylation is 2. The fourth-order valence-electron chi connectivity index (χ4n) is 1.88. The highest BCUT2D eigenvalue weighted by Crippen LogP contribution is 2.26. The fraction of sp³-hybridized carbons (Fsp3) is 0.333. The molecule has 1 N–H and O–H groups in total. The fourth-order valence-corrected chi connectivity index (χ4v) is 3.10. The smallest absolute Gasteiger partial charge is 0.124 e. The van der Waals surface area contributed by atoms with Crippen LogP contribution in [0.1, 0.15) is 20.9 Å². The maximum Gasteiger partial charge on any atom is 0.124 e. The van der Waals surface area contributed by atoms with Crippen molar-refractivity contribution in [3.63, 3.8) is 0 Å². The predicted octanol–water partition coefficient (Wildman–Crippen LogP) is 4.32. The van der Waals surface area contributed by atoms with E-state index in [-0.39, 0.29) is 0 Å². The summed E-state index contributed by atoms with van der Waals surface area (Å²) in [7, 11) is 1.96. The lowest BCUT2D eigenvalue weighted by atomic mass is 10.2. The molecule has 0 amide bonds. The Labute approximate surface area is 123 Å². The van der Waals surface area contributed by atoms with Crippen molar-refractivity contribution in [3.05, 3.63) is 50.2 Å². The number of rotatable bonds is 5. The topological polar surface area (TPSA) is 21.3 Å². The van der Waals surface area contributed by atoms with Crippen LogP contribution in [-0.4, -0.2) is 7.05 Å². The molecule has 0 radical (unpaired) electrons. The summed E-state index contributed by atoms with van der Waals surface area (Å²) in [6.07, 6.45) is 0. The van der Waals surface area contributed by atoms with E-state index < -0.39 is 0 Å². The lowest BCUT2D eigenvalue weighted by Gasteiger charge is -2.09. The second kappa shape index (κ2) is 6.42. The first kappa shape index (κ1) is 14.4. The van der Waals surface area contributed by atoms with Crippen LogP contribution in [0, 0.1) is 13.8 Å². The molecule has 1 aromatic carbocycles. The van der Waals surface area contributed by atoms with Crippen LogP contribution in [0.15, 0.2) is 24.3 Å². The normalized spacial score (nSPS) is 10.7. The van der Waals surface area contributed by atoms with E-state index in [1.54, 1.807) is 0 Å². The minimum Gasteiger partial charge on any atom is -0.489 e. The molecule has 0 spiro atoms. The van der Waals surface area contributed by atoms with Crippen LogP contribution in [0.5, 0.6) is 5.75 Å². The standard InChI is InChI=1S/C15H18ClNOS/c1-10-4-5-13(16)7-15(10)18-9-12-6-14(8-17-3)19-11(12)2/h4-7,17H,8-9H2,1-3H3. The molecule has 0 saturated heterocycles. The quantitative estimate of drug-likeness (QED) is 0.887. The van der Waals surface area contributed by atoms with Gasteiger partial charge in [0.25, 0.3) is 0 Å². The van der Waals surface area contributed by atoms with Crippen LogP contribution in [0.3, 0.4) is 0 Å². The number of benzene rings is 1. The van der Waals surface area contributed by atoms with Gasteiger partial charge in [0.2, 0.25) is 0 Å². The highest BCUT2D eigenvalue weighted by molar-refractivity contribution is 7.12. The maximum absolute atomic E-state index is 5.99. The summed E-state index contributed by atoms with van der Waals surface area (Å²) in [5.41, 5.74) is 2.35. The molecule has 0 atom stereocenters. The average Bonchev–Trinajstić information content (AvgIpc) is 2.71. The summed E-state index contributed by atoms with van der Waals surface area (Å²) in [6, 6.07) is 7.93. The van der Waals surface area contributed by atoms with Crippen LogP contribution in [0.2, 0.25) is 5.02 Å². The summed E-state index contributed by atoms with van der Waals surface area (Å²) in [5.74, 6) is 0.855. The second-order valence-electron chi connectivity index (χ2n) is 4.52. The molecule has 4 heteroatoms. The van der Waals surface area contributed by atoms with Gasteiger partial charge in [0, 0.05) is 26.9 Å². The molecular formula is C15H18ClNOS. The van der Waals surface area contributed by atoms with Gasteiger partial charge < -0.3 is 10.1 Å². The van der Waals surface area contributed by atoms with Gasteiger partial charge in [0.1, 0.15) is 12.4 Å². The van der Waals surface area contributed by atoms with Crippen molar-refractivity contribution < 1.29 is 4.74 Å². The van der Waals surface area contributed by atoms with E-state index in [0.717, 1.165) is 17.9 Å². The van der Waals surface area contributed by atoms with Crippen molar-refractivity contribution in [2.75, 3.05) is 7.05 Å². The van der Waals surface area contributed by atoms with Crippen LogP contribution in [0.4, 0.5) is 0 Å². The molecular weight excluding hydrogens is 278 g/mol. The molecule has 0 fully saturated rings. The molecule has 19 heavy (non-hydrogen) atoms. The summed E-state index contributed by atoms with van der Waals surface area (Å²) < 4.78 is 5.88. The summed E-state index contributed by atoms with van der Waals surface area (Å²) in [5, 5.41) is 3.87. The van der Waals surface area contributed by atoms with Gasteiger partial charge in [0.15, 0.2) is 0 Å². The molecule has 0 aliphatic carbocycles. The highest BCUT2D eigenvalue weighted by Gasteiger charge is 2.07. The van der Waals surface area contributed by atoms with Gasteiger partial charge in [0.05, 0.1) is 0 Å². The zero-order chi connectivity index (χ0) is 13.8. The van der Waals surface area contributed by atoms with Crippen molar-refractivity contribution in [1.82, 2.24) is 5.32 Å². The third kappa shape index (κ3) is 3.72. The van der Waals surface area contributed by atoms with Crippen LogP contribution in [-0.2, 0) is 13.2 Å². The number of nitrogens with one attached hydrogen (secondary N) is 1. The summed E-state index contributed by atoms with van der Waals surface area (Å²) in [4.78, 5) is 2.64. The van der Waals surface area contributed by atoms with Crippen LogP contribution < -0.4 is 10.1 Å². The zero-order valence-electron chi connectivity index (χ0n) is 11.4. The Hall–Kier alpha value is -1.03. The van der Waals surface area contributed by atoms with Crippen LogP contribution >= 0.6 is 22.9 Å². The Bertz CT molecular complexity index is 565. The van der Waals surface area contributed by atoms with E-state index >= 15 is 0 Å². The van der Waals surface area contributed by atoms with Crippen LogP contribution in [0.25, 0.3) is 0 Å². The molecule has 0 aliphatic heterocycles. The van der Waals surface area contributed by atoms with Crippen molar-refractivity contribution in [3.8, 4) is 5.75 Å². The van der Waals surface area contributed by atoms with Gasteiger partial charge in [-0.15, -0.1) is 11.3 Å². The Kier molecular flexibility index (Phi) is 4.86. The van der Waals surface area contributed by atoms with E-state index in [1.165, 1.54) is 15.3 Å². The maximum atomic E-state index is 5.99. The second-order valence-corrected chi connectivity index (χ2v) is 6.30. The first-order valence-corrected chi connectivity index (χ1v) is 7.41.